The fourth-order valence-electron chi connectivity index (χ4n) is 4.46. The van der Waals surface area contributed by atoms with E-state index in [9.17, 15) is 14.7 Å². The van der Waals surface area contributed by atoms with Gasteiger partial charge in [0.05, 0.1) is 6.10 Å². The van der Waals surface area contributed by atoms with E-state index in [1.807, 2.05) is 6.92 Å². The predicted molar refractivity (Wildman–Crippen MR) is 119 cm³/mol. The highest BCUT2D eigenvalue weighted by atomic mass is 16.6. The molecule has 4 N–H and O–H groups in total. The molecule has 1 aliphatic carbocycles. The number of aryl methyl sites for hydroxylation is 2. The Hall–Kier alpha value is -2.39. The van der Waals surface area contributed by atoms with Crippen molar-refractivity contribution in [1.29, 1.82) is 0 Å². The second-order valence-electron chi connectivity index (χ2n) is 9.48. The molecule has 0 spiro atoms. The first-order valence-electron chi connectivity index (χ1n) is 11.7. The van der Waals surface area contributed by atoms with Gasteiger partial charge >= 0.3 is 12.1 Å². The number of aromatic nitrogens is 1. The summed E-state index contributed by atoms with van der Waals surface area (Å²) in [5, 5.41) is 18.2. The summed E-state index contributed by atoms with van der Waals surface area (Å²) in [6, 6.07) is 3.33. The number of fused-ring (bicyclic) bond motifs is 1. The maximum atomic E-state index is 12.0. The number of nitrogens with zero attached hydrogens (tertiary/aromatic N) is 1. The van der Waals surface area contributed by atoms with Gasteiger partial charge in [-0.25, -0.2) is 14.6 Å². The fourth-order valence-corrected chi connectivity index (χ4v) is 4.46. The van der Waals surface area contributed by atoms with Gasteiger partial charge < -0.3 is 30.5 Å². The molecule has 9 nitrogen and oxygen atoms in total. The first-order chi connectivity index (χ1) is 15.4. The van der Waals surface area contributed by atoms with Crippen LogP contribution in [-0.4, -0.2) is 66.1 Å². The monoisotopic (exact) mass is 446 g/mol. The highest BCUT2D eigenvalue weighted by Gasteiger charge is 2.36. The molecule has 3 aliphatic rings. The summed E-state index contributed by atoms with van der Waals surface area (Å²) >= 11 is 0. The number of carboxylic acid groups (broad SMARTS) is 1. The molecule has 1 aromatic rings. The maximum Gasteiger partial charge on any atom is 0.408 e. The average Bonchev–Trinajstić information content (AvgIpc) is 2.72. The van der Waals surface area contributed by atoms with Crippen LogP contribution < -0.4 is 16.0 Å². The molecule has 1 saturated carbocycles. The molecule has 4 rings (SSSR count). The van der Waals surface area contributed by atoms with Crippen LogP contribution in [0.5, 0.6) is 0 Å². The van der Waals surface area contributed by atoms with Crippen molar-refractivity contribution < 1.29 is 24.2 Å². The summed E-state index contributed by atoms with van der Waals surface area (Å²) in [7, 11) is 0. The van der Waals surface area contributed by atoms with Gasteiger partial charge in [0.25, 0.3) is 0 Å². The summed E-state index contributed by atoms with van der Waals surface area (Å²) in [4.78, 5) is 28.2. The second-order valence-corrected chi connectivity index (χ2v) is 9.48. The minimum Gasteiger partial charge on any atom is -0.480 e. The molecule has 176 valence electrons. The number of anilines is 1. The van der Waals surface area contributed by atoms with Gasteiger partial charge in [-0.1, -0.05) is 6.07 Å². The molecule has 0 radical (unpaired) electrons. The predicted octanol–water partition coefficient (Wildman–Crippen LogP) is 2.10. The van der Waals surface area contributed by atoms with Gasteiger partial charge in [0.1, 0.15) is 17.5 Å². The summed E-state index contributed by atoms with van der Waals surface area (Å²) in [5.74, 6) is 0.583. The van der Waals surface area contributed by atoms with E-state index < -0.39 is 23.7 Å². The Morgan fingerprint density at radius 3 is 2.88 bits per heavy atom. The fraction of sp³-hybridized carbons (Fsp3) is 0.696. The van der Waals surface area contributed by atoms with E-state index in [-0.39, 0.29) is 12.5 Å². The van der Waals surface area contributed by atoms with Gasteiger partial charge in [0, 0.05) is 38.4 Å². The molecule has 1 saturated heterocycles. The molecule has 2 fully saturated rings. The molecule has 32 heavy (non-hydrogen) atoms. The number of amides is 1. The number of carboxylic acids is 1. The number of hydrogen-bond donors (Lipinski definition) is 4. The molecule has 3 heterocycles. The van der Waals surface area contributed by atoms with Gasteiger partial charge in [-0.15, -0.1) is 0 Å². The van der Waals surface area contributed by atoms with Gasteiger partial charge in [-0.3, -0.25) is 0 Å². The van der Waals surface area contributed by atoms with Gasteiger partial charge in [0.15, 0.2) is 0 Å². The van der Waals surface area contributed by atoms with Gasteiger partial charge in [-0.05, 0) is 63.0 Å². The molecule has 0 aromatic carbocycles. The van der Waals surface area contributed by atoms with Crippen LogP contribution >= 0.6 is 0 Å². The third kappa shape index (κ3) is 5.89. The van der Waals surface area contributed by atoms with Crippen molar-refractivity contribution in [1.82, 2.24) is 15.6 Å². The van der Waals surface area contributed by atoms with Crippen molar-refractivity contribution in [2.24, 2.45) is 5.92 Å². The zero-order valence-corrected chi connectivity index (χ0v) is 18.7. The lowest BCUT2D eigenvalue weighted by Gasteiger charge is -2.38. The Labute approximate surface area is 188 Å². The lowest BCUT2D eigenvalue weighted by atomic mass is 9.79. The van der Waals surface area contributed by atoms with Crippen molar-refractivity contribution in [3.05, 3.63) is 23.4 Å². The van der Waals surface area contributed by atoms with E-state index in [1.54, 1.807) is 0 Å². The minimum absolute atomic E-state index is 0.166. The van der Waals surface area contributed by atoms with E-state index in [0.717, 1.165) is 50.2 Å². The van der Waals surface area contributed by atoms with E-state index in [2.05, 4.69) is 28.1 Å². The lowest BCUT2D eigenvalue weighted by molar-refractivity contribution is -0.140. The quantitative estimate of drug-likeness (QED) is 0.431. The van der Waals surface area contributed by atoms with Crippen molar-refractivity contribution in [3.8, 4) is 0 Å². The van der Waals surface area contributed by atoms with Gasteiger partial charge in [0.2, 0.25) is 0 Å². The zero-order chi connectivity index (χ0) is 22.6. The number of aliphatic carboxylic acids is 1. The van der Waals surface area contributed by atoms with Crippen LogP contribution in [0.1, 0.15) is 50.3 Å². The van der Waals surface area contributed by atoms with Crippen molar-refractivity contribution in [3.63, 3.8) is 0 Å². The Morgan fingerprint density at radius 2 is 2.16 bits per heavy atom. The number of carbonyl (C=O) groups is 2. The Bertz CT molecular complexity index is 823. The summed E-state index contributed by atoms with van der Waals surface area (Å²) < 4.78 is 11.1. The SMILES string of the molecule is CC1(OC(=O)NC(CCOC2CC(CCc3ccc4c(n3)NCCC4)C2)C(=O)O)CNC1. The molecule has 9 heteroatoms. The number of carbonyl (C=O) groups excluding carboxylic acids is 1. The molecule has 1 amide bonds. The van der Waals surface area contributed by atoms with E-state index in [1.165, 1.54) is 12.0 Å². The lowest BCUT2D eigenvalue weighted by Crippen LogP contribution is -2.61. The van der Waals surface area contributed by atoms with Crippen LogP contribution in [0.25, 0.3) is 0 Å². The van der Waals surface area contributed by atoms with E-state index in [0.29, 0.717) is 25.6 Å². The number of pyridine rings is 1. The Morgan fingerprint density at radius 1 is 1.34 bits per heavy atom. The van der Waals surface area contributed by atoms with Crippen LogP contribution in [0.15, 0.2) is 12.1 Å². The molecule has 2 aliphatic heterocycles. The molecular formula is C23H34N4O5. The number of nitrogens with one attached hydrogen (secondary N) is 3. The standard InChI is InChI=1S/C23H34N4O5/c1-23(13-24-14-23)32-22(30)27-19(21(28)29)8-10-31-18-11-15(12-18)4-6-17-7-5-16-3-2-9-25-20(16)26-17/h5,7,15,18-19,24H,2-4,6,8-14H2,1H3,(H,25,26)(H,27,30)(H,28,29). The number of rotatable bonds is 10. The number of ether oxygens (including phenoxy) is 2. The zero-order valence-electron chi connectivity index (χ0n) is 18.7. The van der Waals surface area contributed by atoms with Crippen LogP contribution in [0.4, 0.5) is 10.6 Å². The number of alkyl carbamates (subject to hydrolysis) is 1. The average molecular weight is 447 g/mol. The van der Waals surface area contributed by atoms with Crippen molar-refractivity contribution in [2.75, 3.05) is 31.6 Å². The topological polar surface area (TPSA) is 122 Å². The van der Waals surface area contributed by atoms with Crippen LogP contribution in [0.2, 0.25) is 0 Å². The Kier molecular flexibility index (Phi) is 7.15. The summed E-state index contributed by atoms with van der Waals surface area (Å²) in [5.41, 5.74) is 1.89. The summed E-state index contributed by atoms with van der Waals surface area (Å²) in [6.45, 7) is 4.26. The largest absolute Gasteiger partial charge is 0.480 e. The van der Waals surface area contributed by atoms with Gasteiger partial charge in [-0.2, -0.15) is 0 Å². The van der Waals surface area contributed by atoms with E-state index >= 15 is 0 Å². The first-order valence-corrected chi connectivity index (χ1v) is 11.7. The van der Waals surface area contributed by atoms with Crippen LogP contribution in [-0.2, 0) is 27.1 Å². The van der Waals surface area contributed by atoms with Crippen LogP contribution in [0.3, 0.4) is 0 Å². The normalized spacial score (nSPS) is 24.2. The maximum absolute atomic E-state index is 12.0. The Balaban J connectivity index is 1.11. The molecule has 1 aromatic heterocycles. The molecule has 0 bridgehead atoms. The van der Waals surface area contributed by atoms with Crippen LogP contribution in [0, 0.1) is 5.92 Å². The highest BCUT2D eigenvalue weighted by molar-refractivity contribution is 5.80. The third-order valence-electron chi connectivity index (χ3n) is 6.64. The molecule has 1 unspecified atom stereocenters. The molecule has 1 atom stereocenters. The minimum atomic E-state index is -1.08. The smallest absolute Gasteiger partial charge is 0.408 e. The summed E-state index contributed by atoms with van der Waals surface area (Å²) in [6.07, 6.45) is 5.99. The van der Waals surface area contributed by atoms with Crippen molar-refractivity contribution >= 4 is 17.9 Å². The number of hydrogen-bond acceptors (Lipinski definition) is 7. The van der Waals surface area contributed by atoms with Crippen molar-refractivity contribution in [2.45, 2.75) is 69.6 Å². The first kappa shape index (κ1) is 22.8. The molecular weight excluding hydrogens is 412 g/mol. The van der Waals surface area contributed by atoms with E-state index in [4.69, 9.17) is 14.5 Å². The second kappa shape index (κ2) is 10.0. The highest BCUT2D eigenvalue weighted by Crippen LogP contribution is 2.34. The third-order valence-corrected chi connectivity index (χ3v) is 6.64.